The van der Waals surface area contributed by atoms with Crippen LogP contribution in [0, 0.1) is 5.41 Å². The van der Waals surface area contributed by atoms with Crippen molar-refractivity contribution in [3.05, 3.63) is 23.9 Å². The first-order valence-corrected chi connectivity index (χ1v) is 5.59. The molecule has 0 aliphatic rings. The summed E-state index contributed by atoms with van der Waals surface area (Å²) in [4.78, 5) is 4.56. The van der Waals surface area contributed by atoms with Crippen LogP contribution >= 0.6 is 0 Å². The molecule has 1 N–H and O–H groups in total. The van der Waals surface area contributed by atoms with Crippen molar-refractivity contribution in [1.82, 2.24) is 4.98 Å². The fourth-order valence-corrected chi connectivity index (χ4v) is 1.23. The summed E-state index contributed by atoms with van der Waals surface area (Å²) in [5.74, 6) is 1.47. The van der Waals surface area contributed by atoms with Crippen LogP contribution in [0.1, 0.15) is 46.2 Å². The number of hydrogen-bond donors (Lipinski definition) is 1. The quantitative estimate of drug-likeness (QED) is 0.816. The van der Waals surface area contributed by atoms with E-state index in [1.807, 2.05) is 6.07 Å². The van der Waals surface area contributed by atoms with E-state index in [1.54, 1.807) is 0 Å². The minimum Gasteiger partial charge on any atom is -0.370 e. The van der Waals surface area contributed by atoms with Gasteiger partial charge >= 0.3 is 0 Å². The van der Waals surface area contributed by atoms with Gasteiger partial charge in [0.2, 0.25) is 0 Å². The van der Waals surface area contributed by atoms with E-state index < -0.39 is 0 Å². The lowest BCUT2D eigenvalue weighted by atomic mass is 9.97. The lowest BCUT2D eigenvalue weighted by molar-refractivity contribution is 0.442. The summed E-state index contributed by atoms with van der Waals surface area (Å²) in [5.41, 5.74) is 1.43. The first-order valence-electron chi connectivity index (χ1n) is 5.59. The summed E-state index contributed by atoms with van der Waals surface area (Å²) in [6, 6.07) is 6.16. The van der Waals surface area contributed by atoms with Gasteiger partial charge in [0.1, 0.15) is 5.82 Å². The van der Waals surface area contributed by atoms with Crippen molar-refractivity contribution < 1.29 is 0 Å². The highest BCUT2D eigenvalue weighted by atomic mass is 15.0. The zero-order valence-corrected chi connectivity index (χ0v) is 10.5. The van der Waals surface area contributed by atoms with Gasteiger partial charge < -0.3 is 5.32 Å². The van der Waals surface area contributed by atoms with Crippen LogP contribution in [0.15, 0.2) is 18.2 Å². The second-order valence-electron chi connectivity index (χ2n) is 5.52. The van der Waals surface area contributed by atoms with E-state index in [2.05, 4.69) is 57.1 Å². The van der Waals surface area contributed by atoms with Gasteiger partial charge in [-0.15, -0.1) is 0 Å². The Labute approximate surface area is 93.1 Å². The zero-order chi connectivity index (χ0) is 11.5. The predicted octanol–water partition coefficient (Wildman–Crippen LogP) is 3.66. The molecule has 0 radical (unpaired) electrons. The number of aromatic nitrogens is 1. The molecule has 0 unspecified atom stereocenters. The summed E-state index contributed by atoms with van der Waals surface area (Å²) in [6.45, 7) is 11.9. The average Bonchev–Trinajstić information content (AvgIpc) is 2.14. The smallest absolute Gasteiger partial charge is 0.126 e. The number of pyridine rings is 1. The summed E-state index contributed by atoms with van der Waals surface area (Å²) in [5, 5.41) is 3.37. The first kappa shape index (κ1) is 12.0. The number of nitrogens with one attached hydrogen (secondary N) is 1. The van der Waals surface area contributed by atoms with Gasteiger partial charge in [-0.1, -0.05) is 40.7 Å². The van der Waals surface area contributed by atoms with E-state index in [0.717, 1.165) is 18.1 Å². The first-order chi connectivity index (χ1) is 6.88. The summed E-state index contributed by atoms with van der Waals surface area (Å²) in [7, 11) is 0. The maximum absolute atomic E-state index is 4.56. The van der Waals surface area contributed by atoms with Gasteiger partial charge in [-0.05, 0) is 23.5 Å². The van der Waals surface area contributed by atoms with Crippen molar-refractivity contribution in [2.24, 2.45) is 5.41 Å². The molecule has 2 heteroatoms. The van der Waals surface area contributed by atoms with Crippen LogP contribution in [-0.4, -0.2) is 11.5 Å². The molecule has 0 saturated heterocycles. The van der Waals surface area contributed by atoms with Gasteiger partial charge in [0.05, 0.1) is 0 Å². The highest BCUT2D eigenvalue weighted by Crippen LogP contribution is 2.17. The van der Waals surface area contributed by atoms with Gasteiger partial charge in [0.15, 0.2) is 0 Å². The van der Waals surface area contributed by atoms with Crippen LogP contribution in [0.4, 0.5) is 5.82 Å². The number of rotatable bonds is 3. The SMILES string of the molecule is CC(C)c1cccc(NCC(C)(C)C)n1. The van der Waals surface area contributed by atoms with Crippen LogP contribution in [0.5, 0.6) is 0 Å². The molecule has 1 aromatic rings. The fourth-order valence-electron chi connectivity index (χ4n) is 1.23. The van der Waals surface area contributed by atoms with Gasteiger partial charge in [-0.2, -0.15) is 0 Å². The molecule has 1 rings (SSSR count). The third-order valence-corrected chi connectivity index (χ3v) is 2.16. The van der Waals surface area contributed by atoms with Gasteiger partial charge in [-0.25, -0.2) is 4.98 Å². The Morgan fingerprint density at radius 1 is 1.27 bits per heavy atom. The number of hydrogen-bond acceptors (Lipinski definition) is 2. The molecule has 0 saturated carbocycles. The third kappa shape index (κ3) is 4.32. The zero-order valence-electron chi connectivity index (χ0n) is 10.5. The molecule has 0 atom stereocenters. The molecule has 0 spiro atoms. The summed E-state index contributed by atoms with van der Waals surface area (Å²) in [6.07, 6.45) is 0. The van der Waals surface area contributed by atoms with E-state index in [1.165, 1.54) is 0 Å². The minimum atomic E-state index is 0.287. The molecule has 0 aromatic carbocycles. The van der Waals surface area contributed by atoms with Crippen LogP contribution < -0.4 is 5.32 Å². The molecule has 15 heavy (non-hydrogen) atoms. The Morgan fingerprint density at radius 3 is 2.47 bits per heavy atom. The normalized spacial score (nSPS) is 11.9. The number of nitrogens with zero attached hydrogens (tertiary/aromatic N) is 1. The Balaban J connectivity index is 2.66. The highest BCUT2D eigenvalue weighted by Gasteiger charge is 2.10. The molecule has 0 fully saturated rings. The third-order valence-electron chi connectivity index (χ3n) is 2.16. The van der Waals surface area contributed by atoms with Crippen LogP contribution in [0.3, 0.4) is 0 Å². The lowest BCUT2D eigenvalue weighted by Gasteiger charge is -2.19. The number of anilines is 1. The molecular formula is C13H22N2. The second-order valence-corrected chi connectivity index (χ2v) is 5.52. The molecule has 0 aliphatic heterocycles. The van der Waals surface area contributed by atoms with Gasteiger partial charge in [0.25, 0.3) is 0 Å². The molecule has 1 aromatic heterocycles. The van der Waals surface area contributed by atoms with Crippen molar-refractivity contribution >= 4 is 5.82 Å². The lowest BCUT2D eigenvalue weighted by Crippen LogP contribution is -2.19. The Bertz CT molecular complexity index is 311. The summed E-state index contributed by atoms with van der Waals surface area (Å²) >= 11 is 0. The van der Waals surface area contributed by atoms with E-state index in [-0.39, 0.29) is 5.41 Å². The monoisotopic (exact) mass is 206 g/mol. The largest absolute Gasteiger partial charge is 0.370 e. The van der Waals surface area contributed by atoms with Gasteiger partial charge in [0, 0.05) is 12.2 Å². The maximum Gasteiger partial charge on any atom is 0.126 e. The van der Waals surface area contributed by atoms with Gasteiger partial charge in [-0.3, -0.25) is 0 Å². The van der Waals surface area contributed by atoms with Crippen molar-refractivity contribution in [3.63, 3.8) is 0 Å². The maximum atomic E-state index is 4.56. The molecule has 0 aliphatic carbocycles. The predicted molar refractivity (Wildman–Crippen MR) is 66.3 cm³/mol. The molecule has 0 amide bonds. The van der Waals surface area contributed by atoms with E-state index >= 15 is 0 Å². The molecular weight excluding hydrogens is 184 g/mol. The topological polar surface area (TPSA) is 24.9 Å². The van der Waals surface area contributed by atoms with Crippen LogP contribution in [0.25, 0.3) is 0 Å². The van der Waals surface area contributed by atoms with Crippen LogP contribution in [-0.2, 0) is 0 Å². The average molecular weight is 206 g/mol. The Hall–Kier alpha value is -1.05. The molecule has 84 valence electrons. The standard InChI is InChI=1S/C13H22N2/c1-10(2)11-7-6-8-12(15-11)14-9-13(3,4)5/h6-8,10H,9H2,1-5H3,(H,14,15). The van der Waals surface area contributed by atoms with Crippen molar-refractivity contribution in [1.29, 1.82) is 0 Å². The van der Waals surface area contributed by atoms with Crippen molar-refractivity contribution in [2.75, 3.05) is 11.9 Å². The summed E-state index contributed by atoms with van der Waals surface area (Å²) < 4.78 is 0. The van der Waals surface area contributed by atoms with Crippen LogP contribution in [0.2, 0.25) is 0 Å². The second kappa shape index (κ2) is 4.65. The highest BCUT2D eigenvalue weighted by molar-refractivity contribution is 5.36. The molecule has 0 bridgehead atoms. The van der Waals surface area contributed by atoms with E-state index in [0.29, 0.717) is 5.92 Å². The minimum absolute atomic E-state index is 0.287. The fraction of sp³-hybridized carbons (Fsp3) is 0.615. The molecule has 2 nitrogen and oxygen atoms in total. The van der Waals surface area contributed by atoms with Crippen molar-refractivity contribution in [2.45, 2.75) is 40.5 Å². The molecule has 1 heterocycles. The Morgan fingerprint density at radius 2 is 1.93 bits per heavy atom. The van der Waals surface area contributed by atoms with Crippen molar-refractivity contribution in [3.8, 4) is 0 Å². The van der Waals surface area contributed by atoms with E-state index in [4.69, 9.17) is 0 Å². The van der Waals surface area contributed by atoms with E-state index in [9.17, 15) is 0 Å². The Kier molecular flexibility index (Phi) is 3.72.